The van der Waals surface area contributed by atoms with Crippen molar-refractivity contribution >= 4 is 17.6 Å². The molecule has 1 amide bonds. The molecule has 158 valence electrons. The van der Waals surface area contributed by atoms with Crippen LogP contribution in [0.3, 0.4) is 0 Å². The lowest BCUT2D eigenvalue weighted by molar-refractivity contribution is -0.123. The summed E-state index contributed by atoms with van der Waals surface area (Å²) in [5, 5.41) is 2.70. The van der Waals surface area contributed by atoms with E-state index < -0.39 is 18.0 Å². The summed E-state index contributed by atoms with van der Waals surface area (Å²) in [5.74, 6) is 0.790. The fraction of sp³-hybridized carbons (Fsp3) is 0.364. The molecule has 0 spiro atoms. The molecule has 2 aromatic carbocycles. The summed E-state index contributed by atoms with van der Waals surface area (Å²) in [6, 6.07) is 11.7. The molecule has 1 N–H and O–H groups in total. The molecule has 2 aliphatic rings. The van der Waals surface area contributed by atoms with E-state index in [0.29, 0.717) is 35.1 Å². The van der Waals surface area contributed by atoms with E-state index >= 15 is 0 Å². The van der Waals surface area contributed by atoms with Gasteiger partial charge in [-0.15, -0.1) is 0 Å². The summed E-state index contributed by atoms with van der Waals surface area (Å²) in [4.78, 5) is 24.7. The van der Waals surface area contributed by atoms with E-state index in [2.05, 4.69) is 5.32 Å². The highest BCUT2D eigenvalue weighted by Crippen LogP contribution is 2.34. The van der Waals surface area contributed by atoms with Gasteiger partial charge in [0, 0.05) is 18.4 Å². The van der Waals surface area contributed by atoms with Gasteiger partial charge in [0.2, 0.25) is 6.79 Å². The Bertz CT molecular complexity index is 906. The molecular formula is C22H23NO7. The Kier molecular flexibility index (Phi) is 6.04. The lowest BCUT2D eigenvalue weighted by atomic mass is 10.2. The normalized spacial score (nSPS) is 18.0. The second kappa shape index (κ2) is 9.04. The highest BCUT2D eigenvalue weighted by Gasteiger charge is 2.21. The molecule has 1 fully saturated rings. The molecule has 0 bridgehead atoms. The maximum Gasteiger partial charge on any atom is 0.338 e. The number of hydrogen-bond donors (Lipinski definition) is 1. The van der Waals surface area contributed by atoms with Crippen molar-refractivity contribution in [2.75, 3.05) is 25.3 Å². The van der Waals surface area contributed by atoms with E-state index in [0.717, 1.165) is 19.4 Å². The van der Waals surface area contributed by atoms with Gasteiger partial charge in [-0.1, -0.05) is 0 Å². The molecule has 2 aliphatic heterocycles. The first-order valence-electron chi connectivity index (χ1n) is 9.84. The van der Waals surface area contributed by atoms with Crippen molar-refractivity contribution in [3.63, 3.8) is 0 Å². The number of carbonyl (C=O) groups excluding carboxylic acids is 2. The Balaban J connectivity index is 1.27. The van der Waals surface area contributed by atoms with Crippen molar-refractivity contribution in [2.45, 2.75) is 32.0 Å². The average molecular weight is 413 g/mol. The van der Waals surface area contributed by atoms with Crippen LogP contribution in [-0.4, -0.2) is 44.1 Å². The maximum atomic E-state index is 12.4. The molecule has 2 atom stereocenters. The Morgan fingerprint density at radius 1 is 1.13 bits per heavy atom. The minimum atomic E-state index is -0.974. The van der Waals surface area contributed by atoms with Crippen molar-refractivity contribution in [3.05, 3.63) is 48.0 Å². The Labute approximate surface area is 174 Å². The third-order valence-corrected chi connectivity index (χ3v) is 4.84. The summed E-state index contributed by atoms with van der Waals surface area (Å²) in [6.07, 6.45) is 1.20. The molecule has 0 radical (unpaired) electrons. The summed E-state index contributed by atoms with van der Waals surface area (Å²) in [7, 11) is 0. The van der Waals surface area contributed by atoms with Crippen molar-refractivity contribution in [2.24, 2.45) is 0 Å². The third kappa shape index (κ3) is 4.83. The first-order chi connectivity index (χ1) is 14.6. The molecule has 2 heterocycles. The van der Waals surface area contributed by atoms with Gasteiger partial charge in [-0.05, 0) is 56.2 Å². The Morgan fingerprint density at radius 2 is 1.93 bits per heavy atom. The van der Waals surface area contributed by atoms with Crippen molar-refractivity contribution < 1.29 is 33.3 Å². The van der Waals surface area contributed by atoms with Gasteiger partial charge < -0.3 is 29.0 Å². The zero-order valence-corrected chi connectivity index (χ0v) is 16.6. The van der Waals surface area contributed by atoms with E-state index in [9.17, 15) is 9.59 Å². The third-order valence-electron chi connectivity index (χ3n) is 4.84. The molecule has 4 rings (SSSR count). The zero-order valence-electron chi connectivity index (χ0n) is 16.6. The maximum absolute atomic E-state index is 12.4. The minimum Gasteiger partial charge on any atom is -0.491 e. The second-order valence-corrected chi connectivity index (χ2v) is 7.08. The highest BCUT2D eigenvalue weighted by atomic mass is 16.7. The van der Waals surface area contributed by atoms with Crippen LogP contribution in [0.1, 0.15) is 30.1 Å². The van der Waals surface area contributed by atoms with Crippen LogP contribution < -0.4 is 19.5 Å². The number of benzene rings is 2. The molecule has 0 unspecified atom stereocenters. The number of amides is 1. The van der Waals surface area contributed by atoms with Gasteiger partial charge >= 0.3 is 5.97 Å². The van der Waals surface area contributed by atoms with Gasteiger partial charge in [0.15, 0.2) is 17.6 Å². The number of fused-ring (bicyclic) bond motifs is 1. The van der Waals surface area contributed by atoms with Crippen LogP contribution in [0, 0.1) is 0 Å². The molecule has 1 saturated heterocycles. The molecule has 0 aromatic heterocycles. The second-order valence-electron chi connectivity index (χ2n) is 7.08. The van der Waals surface area contributed by atoms with E-state index in [1.807, 2.05) is 0 Å². The van der Waals surface area contributed by atoms with Crippen molar-refractivity contribution in [1.82, 2.24) is 0 Å². The standard InChI is InChI=1S/C22H23NO7/c1-14(21(24)23-16-6-9-19-20(11-16)29-13-28-19)30-22(25)15-4-7-17(8-5-15)27-12-18-3-2-10-26-18/h4-9,11,14,18H,2-3,10,12-13H2,1H3,(H,23,24)/t14-,18-/m0/s1. The largest absolute Gasteiger partial charge is 0.491 e. The molecule has 0 saturated carbocycles. The fourth-order valence-electron chi connectivity index (χ4n) is 3.15. The topological polar surface area (TPSA) is 92.3 Å². The summed E-state index contributed by atoms with van der Waals surface area (Å²) >= 11 is 0. The number of carbonyl (C=O) groups is 2. The van der Waals surface area contributed by atoms with Gasteiger partial charge in [-0.2, -0.15) is 0 Å². The zero-order chi connectivity index (χ0) is 20.9. The first kappa shape index (κ1) is 20.0. The number of hydrogen-bond acceptors (Lipinski definition) is 7. The van der Waals surface area contributed by atoms with Crippen LogP contribution in [0.5, 0.6) is 17.2 Å². The fourth-order valence-corrected chi connectivity index (χ4v) is 3.15. The van der Waals surface area contributed by atoms with Crippen LogP contribution >= 0.6 is 0 Å². The summed E-state index contributed by atoms with van der Waals surface area (Å²) < 4.78 is 27.0. The molecular weight excluding hydrogens is 390 g/mol. The Hall–Kier alpha value is -3.26. The number of esters is 1. The molecule has 30 heavy (non-hydrogen) atoms. The predicted molar refractivity (Wildman–Crippen MR) is 107 cm³/mol. The number of rotatable bonds is 7. The monoisotopic (exact) mass is 413 g/mol. The number of anilines is 1. The van der Waals surface area contributed by atoms with Crippen molar-refractivity contribution in [1.29, 1.82) is 0 Å². The van der Waals surface area contributed by atoms with Gasteiger partial charge in [0.05, 0.1) is 11.7 Å². The van der Waals surface area contributed by atoms with Crippen LogP contribution in [0.2, 0.25) is 0 Å². The van der Waals surface area contributed by atoms with E-state index in [1.54, 1.807) is 42.5 Å². The van der Waals surface area contributed by atoms with E-state index in [4.69, 9.17) is 23.7 Å². The van der Waals surface area contributed by atoms with Crippen LogP contribution in [0.15, 0.2) is 42.5 Å². The van der Waals surface area contributed by atoms with Gasteiger partial charge in [0.1, 0.15) is 12.4 Å². The molecule has 0 aliphatic carbocycles. The molecule has 8 heteroatoms. The van der Waals surface area contributed by atoms with Crippen LogP contribution in [0.4, 0.5) is 5.69 Å². The Morgan fingerprint density at radius 3 is 2.70 bits per heavy atom. The quantitative estimate of drug-likeness (QED) is 0.697. The van der Waals surface area contributed by atoms with E-state index in [1.165, 1.54) is 6.92 Å². The average Bonchev–Trinajstić information content (AvgIpc) is 3.44. The predicted octanol–water partition coefficient (Wildman–Crippen LogP) is 3.16. The highest BCUT2D eigenvalue weighted by molar-refractivity contribution is 5.97. The van der Waals surface area contributed by atoms with Gasteiger partial charge in [-0.3, -0.25) is 4.79 Å². The van der Waals surface area contributed by atoms with E-state index in [-0.39, 0.29) is 12.9 Å². The number of ether oxygens (including phenoxy) is 5. The molecule has 2 aromatic rings. The van der Waals surface area contributed by atoms with Gasteiger partial charge in [-0.25, -0.2) is 4.79 Å². The smallest absolute Gasteiger partial charge is 0.338 e. The lowest BCUT2D eigenvalue weighted by Crippen LogP contribution is -2.30. The van der Waals surface area contributed by atoms with Crippen LogP contribution in [-0.2, 0) is 14.3 Å². The molecule has 8 nitrogen and oxygen atoms in total. The van der Waals surface area contributed by atoms with Crippen molar-refractivity contribution in [3.8, 4) is 17.2 Å². The lowest BCUT2D eigenvalue weighted by Gasteiger charge is -2.14. The van der Waals surface area contributed by atoms with Gasteiger partial charge in [0.25, 0.3) is 5.91 Å². The number of nitrogens with one attached hydrogen (secondary N) is 1. The summed E-state index contributed by atoms with van der Waals surface area (Å²) in [5.41, 5.74) is 0.863. The first-order valence-corrected chi connectivity index (χ1v) is 9.84. The SMILES string of the molecule is C[C@H](OC(=O)c1ccc(OC[C@@H]2CCCO2)cc1)C(=O)Nc1ccc2c(c1)OCO2. The summed E-state index contributed by atoms with van der Waals surface area (Å²) in [6.45, 7) is 2.93. The van der Waals surface area contributed by atoms with Crippen LogP contribution in [0.25, 0.3) is 0 Å². The minimum absolute atomic E-state index is 0.124.